The first kappa shape index (κ1) is 33.1. The van der Waals surface area contributed by atoms with Crippen LogP contribution in [0.4, 0.5) is 18.9 Å². The fraction of sp³-hybridized carbons (Fsp3) is 0.353. The van der Waals surface area contributed by atoms with Crippen LogP contribution < -0.4 is 14.4 Å². The molecule has 12 heteroatoms. The molecule has 0 spiro atoms. The number of alkyl halides is 3. The largest absolute Gasteiger partial charge is 0.573 e. The van der Waals surface area contributed by atoms with E-state index in [1.54, 1.807) is 18.9 Å². The van der Waals surface area contributed by atoms with Gasteiger partial charge in [0.25, 0.3) is 0 Å². The molecule has 3 aromatic carbocycles. The molecule has 1 atom stereocenters. The van der Waals surface area contributed by atoms with Gasteiger partial charge in [0.15, 0.2) is 11.0 Å². The molecule has 0 N–H and O–H groups in total. The van der Waals surface area contributed by atoms with E-state index in [0.717, 1.165) is 52.9 Å². The lowest BCUT2D eigenvalue weighted by molar-refractivity contribution is -0.274. The third-order valence-electron chi connectivity index (χ3n) is 7.64. The Balaban J connectivity index is 1.15. The second kappa shape index (κ2) is 14.4. The first-order valence-electron chi connectivity index (χ1n) is 15.1. The van der Waals surface area contributed by atoms with Crippen molar-refractivity contribution in [2.24, 2.45) is 10.9 Å². The lowest BCUT2D eigenvalue weighted by Crippen LogP contribution is -2.26. The summed E-state index contributed by atoms with van der Waals surface area (Å²) in [5.41, 5.74) is 4.73. The number of amidine groups is 1. The first-order valence-corrected chi connectivity index (χ1v) is 16.0. The van der Waals surface area contributed by atoms with Crippen molar-refractivity contribution in [2.75, 3.05) is 24.3 Å². The number of hydrogen-bond acceptors (Lipinski definition) is 6. The van der Waals surface area contributed by atoms with Gasteiger partial charge in [-0.05, 0) is 66.1 Å². The van der Waals surface area contributed by atoms with Crippen LogP contribution in [0.3, 0.4) is 0 Å². The van der Waals surface area contributed by atoms with Gasteiger partial charge in [0.1, 0.15) is 17.8 Å². The molecule has 0 bridgehead atoms. The van der Waals surface area contributed by atoms with Gasteiger partial charge >= 0.3 is 6.36 Å². The third kappa shape index (κ3) is 8.48. The number of carbonyl (C=O) groups is 1. The molecule has 46 heavy (non-hydrogen) atoms. The van der Waals surface area contributed by atoms with E-state index in [9.17, 15) is 18.0 Å². The van der Waals surface area contributed by atoms with Crippen LogP contribution in [-0.4, -0.2) is 51.6 Å². The van der Waals surface area contributed by atoms with Crippen LogP contribution in [0.2, 0.25) is 0 Å². The van der Waals surface area contributed by atoms with Crippen molar-refractivity contribution in [3.05, 3.63) is 84.2 Å². The van der Waals surface area contributed by atoms with Crippen molar-refractivity contribution in [1.82, 2.24) is 14.8 Å². The number of rotatable bonds is 11. The monoisotopic (exact) mass is 651 g/mol. The standard InChI is InChI=1S/C34H36F3N5O3S/c1-22(2)29-16-15-28(44-4)20-30(29)41-17-18-46-33(41)39-31(43)19-23(3)5-6-24-7-9-25(10-8-24)32-38-21-42(40-32)26-11-13-27(14-12-26)45-34(35,36)37/h7-16,20-23H,5-6,17-19H2,1-4H3. The second-order valence-corrected chi connectivity index (χ2v) is 12.5. The molecule has 8 nitrogen and oxygen atoms in total. The number of aromatic nitrogens is 3. The maximum Gasteiger partial charge on any atom is 0.573 e. The zero-order chi connectivity index (χ0) is 32.8. The van der Waals surface area contributed by atoms with E-state index in [2.05, 4.69) is 51.5 Å². The summed E-state index contributed by atoms with van der Waals surface area (Å²) < 4.78 is 48.2. The summed E-state index contributed by atoms with van der Waals surface area (Å²) in [6, 6.07) is 19.4. The van der Waals surface area contributed by atoms with Gasteiger partial charge in [-0.25, -0.2) is 9.67 Å². The summed E-state index contributed by atoms with van der Waals surface area (Å²) >= 11 is 1.61. The average Bonchev–Trinajstić information content (AvgIpc) is 3.70. The molecule has 242 valence electrons. The van der Waals surface area contributed by atoms with Crippen LogP contribution in [0.25, 0.3) is 17.1 Å². The summed E-state index contributed by atoms with van der Waals surface area (Å²) in [7, 11) is 1.65. The van der Waals surface area contributed by atoms with E-state index < -0.39 is 6.36 Å². The lowest BCUT2D eigenvalue weighted by atomic mass is 9.97. The molecular weight excluding hydrogens is 615 g/mol. The van der Waals surface area contributed by atoms with Crippen LogP contribution in [-0.2, 0) is 11.2 Å². The van der Waals surface area contributed by atoms with E-state index in [1.165, 1.54) is 40.8 Å². The SMILES string of the molecule is COc1ccc(C(C)C)c(N2CCSC2=NC(=O)CC(C)CCc2ccc(-c3ncn(-c4ccc(OC(F)(F)F)cc4)n3)cc2)c1. The molecule has 0 aliphatic carbocycles. The average molecular weight is 652 g/mol. The summed E-state index contributed by atoms with van der Waals surface area (Å²) in [6.07, 6.45) is -1.22. The predicted octanol–water partition coefficient (Wildman–Crippen LogP) is 8.06. The van der Waals surface area contributed by atoms with Gasteiger partial charge in [0.2, 0.25) is 5.91 Å². The highest BCUT2D eigenvalue weighted by Crippen LogP contribution is 2.35. The topological polar surface area (TPSA) is 81.8 Å². The van der Waals surface area contributed by atoms with Gasteiger partial charge in [-0.2, -0.15) is 4.99 Å². The van der Waals surface area contributed by atoms with Crippen LogP contribution >= 0.6 is 11.8 Å². The van der Waals surface area contributed by atoms with E-state index >= 15 is 0 Å². The minimum Gasteiger partial charge on any atom is -0.497 e. The number of anilines is 1. The van der Waals surface area contributed by atoms with Gasteiger partial charge in [-0.3, -0.25) is 4.79 Å². The number of thioether (sulfide) groups is 1. The Morgan fingerprint density at radius 2 is 1.74 bits per heavy atom. The Labute approximate surface area is 270 Å². The number of amides is 1. The van der Waals surface area contributed by atoms with Crippen LogP contribution in [0.5, 0.6) is 11.5 Å². The van der Waals surface area contributed by atoms with Crippen LogP contribution in [0, 0.1) is 5.92 Å². The second-order valence-electron chi connectivity index (χ2n) is 11.5. The predicted molar refractivity (Wildman–Crippen MR) is 175 cm³/mol. The number of methoxy groups -OCH3 is 1. The summed E-state index contributed by atoms with van der Waals surface area (Å²) in [5, 5.41) is 5.20. The summed E-state index contributed by atoms with van der Waals surface area (Å²) in [6.45, 7) is 7.17. The molecule has 1 fully saturated rings. The molecule has 1 amide bonds. The molecule has 0 saturated carbocycles. The maximum atomic E-state index is 13.0. The quantitative estimate of drug-likeness (QED) is 0.162. The third-order valence-corrected chi connectivity index (χ3v) is 8.59. The highest BCUT2D eigenvalue weighted by Gasteiger charge is 2.31. The Morgan fingerprint density at radius 1 is 1.02 bits per heavy atom. The number of aryl methyl sites for hydroxylation is 1. The van der Waals surface area contributed by atoms with E-state index in [0.29, 0.717) is 23.9 Å². The molecule has 1 aliphatic rings. The van der Waals surface area contributed by atoms with E-state index in [1.807, 2.05) is 36.4 Å². The Morgan fingerprint density at radius 3 is 2.41 bits per heavy atom. The smallest absolute Gasteiger partial charge is 0.497 e. The van der Waals surface area contributed by atoms with Crippen molar-refractivity contribution in [2.45, 2.75) is 52.3 Å². The highest BCUT2D eigenvalue weighted by atomic mass is 32.2. The van der Waals surface area contributed by atoms with Gasteiger partial charge in [0, 0.05) is 36.0 Å². The molecular formula is C34H36F3N5O3S. The number of hydrogen-bond donors (Lipinski definition) is 0. The van der Waals surface area contributed by atoms with Crippen molar-refractivity contribution < 1.29 is 27.4 Å². The molecule has 1 aliphatic heterocycles. The minimum absolute atomic E-state index is 0.115. The Bertz CT molecular complexity index is 1670. The zero-order valence-electron chi connectivity index (χ0n) is 26.1. The molecule has 1 saturated heterocycles. The van der Waals surface area contributed by atoms with Crippen molar-refractivity contribution >= 4 is 28.5 Å². The zero-order valence-corrected chi connectivity index (χ0v) is 26.9. The first-order chi connectivity index (χ1) is 22.0. The van der Waals surface area contributed by atoms with Crippen LogP contribution in [0.15, 0.2) is 78.0 Å². The Hall–Kier alpha value is -4.32. The van der Waals surface area contributed by atoms with E-state index in [-0.39, 0.29) is 17.6 Å². The minimum atomic E-state index is -4.74. The number of benzene rings is 3. The molecule has 1 aromatic heterocycles. The van der Waals surface area contributed by atoms with Crippen molar-refractivity contribution in [3.63, 3.8) is 0 Å². The highest BCUT2D eigenvalue weighted by molar-refractivity contribution is 8.14. The lowest BCUT2D eigenvalue weighted by Gasteiger charge is -2.24. The van der Waals surface area contributed by atoms with Gasteiger partial charge in [-0.1, -0.05) is 62.9 Å². The number of carbonyl (C=O) groups excluding carboxylic acids is 1. The van der Waals surface area contributed by atoms with Gasteiger partial charge in [-0.15, -0.1) is 18.3 Å². The molecule has 5 rings (SSSR count). The van der Waals surface area contributed by atoms with Crippen molar-refractivity contribution in [3.8, 4) is 28.6 Å². The summed E-state index contributed by atoms with van der Waals surface area (Å²) in [5.74, 6) is 2.21. The molecule has 2 heterocycles. The normalized spacial score (nSPS) is 15.0. The fourth-order valence-electron chi connectivity index (χ4n) is 5.20. The van der Waals surface area contributed by atoms with Crippen molar-refractivity contribution in [1.29, 1.82) is 0 Å². The van der Waals surface area contributed by atoms with Crippen LogP contribution in [0.1, 0.15) is 50.7 Å². The number of aliphatic imine (C=N–C) groups is 1. The molecule has 1 unspecified atom stereocenters. The number of halogens is 3. The van der Waals surface area contributed by atoms with Gasteiger partial charge < -0.3 is 14.4 Å². The van der Waals surface area contributed by atoms with E-state index in [4.69, 9.17) is 4.74 Å². The molecule has 0 radical (unpaired) electrons. The number of ether oxygens (including phenoxy) is 2. The Kier molecular flexibility index (Phi) is 10.4. The maximum absolute atomic E-state index is 13.0. The van der Waals surface area contributed by atoms with Gasteiger partial charge in [0.05, 0.1) is 12.8 Å². The number of nitrogens with zero attached hydrogens (tertiary/aromatic N) is 5. The fourth-order valence-corrected chi connectivity index (χ4v) is 6.16. The summed E-state index contributed by atoms with van der Waals surface area (Å²) in [4.78, 5) is 24.0. The molecule has 4 aromatic rings.